The SMILES string of the molecule is COCC1=C(C(=O)OC(C)OC(=O)OC(C)C)N2C(=O)C(NC(=O)/C(=N\OC)c3csc(N)n3)C2SC1. The zero-order valence-electron chi connectivity index (χ0n) is 20.7. The third-order valence-corrected chi connectivity index (χ3v) is 6.89. The van der Waals surface area contributed by atoms with Gasteiger partial charge < -0.3 is 34.8 Å². The van der Waals surface area contributed by atoms with Crippen LogP contribution in [-0.4, -0.2) is 89.9 Å². The van der Waals surface area contributed by atoms with E-state index < -0.39 is 47.7 Å². The van der Waals surface area contributed by atoms with Gasteiger partial charge in [0.2, 0.25) is 6.29 Å². The second-order valence-electron chi connectivity index (χ2n) is 7.95. The van der Waals surface area contributed by atoms with Gasteiger partial charge >= 0.3 is 12.1 Å². The van der Waals surface area contributed by atoms with E-state index in [4.69, 9.17) is 29.5 Å². The molecule has 2 aliphatic heterocycles. The first-order valence-electron chi connectivity index (χ1n) is 10.9. The number of oxime groups is 1. The van der Waals surface area contributed by atoms with Crippen LogP contribution in [0.25, 0.3) is 0 Å². The van der Waals surface area contributed by atoms with Crippen molar-refractivity contribution in [2.24, 2.45) is 5.16 Å². The highest BCUT2D eigenvalue weighted by molar-refractivity contribution is 8.00. The van der Waals surface area contributed by atoms with Crippen LogP contribution in [0.15, 0.2) is 21.8 Å². The fourth-order valence-corrected chi connectivity index (χ4v) is 5.32. The van der Waals surface area contributed by atoms with Crippen LogP contribution in [0, 0.1) is 0 Å². The van der Waals surface area contributed by atoms with Crippen LogP contribution in [0.3, 0.4) is 0 Å². The van der Waals surface area contributed by atoms with Gasteiger partial charge in [-0.15, -0.1) is 23.1 Å². The molecule has 0 bridgehead atoms. The molecule has 37 heavy (non-hydrogen) atoms. The fraction of sp³-hybridized carbons (Fsp3) is 0.524. The van der Waals surface area contributed by atoms with Crippen LogP contribution >= 0.6 is 23.1 Å². The van der Waals surface area contributed by atoms with Crippen molar-refractivity contribution >= 4 is 57.9 Å². The summed E-state index contributed by atoms with van der Waals surface area (Å²) >= 11 is 2.45. The Morgan fingerprint density at radius 3 is 2.57 bits per heavy atom. The summed E-state index contributed by atoms with van der Waals surface area (Å²) in [6.45, 7) is 4.68. The van der Waals surface area contributed by atoms with Crippen molar-refractivity contribution in [3.8, 4) is 0 Å². The number of nitrogens with zero attached hydrogens (tertiary/aromatic N) is 3. The number of β-lactam (4-membered cyclic amide) rings is 1. The van der Waals surface area contributed by atoms with E-state index in [1.54, 1.807) is 13.8 Å². The van der Waals surface area contributed by atoms with Gasteiger partial charge in [0, 0.05) is 25.2 Å². The van der Waals surface area contributed by atoms with Gasteiger partial charge in [0.15, 0.2) is 10.8 Å². The summed E-state index contributed by atoms with van der Waals surface area (Å²) in [5, 5.41) is 7.49. The molecule has 3 heterocycles. The van der Waals surface area contributed by atoms with E-state index in [0.29, 0.717) is 11.3 Å². The van der Waals surface area contributed by atoms with Crippen molar-refractivity contribution in [3.05, 3.63) is 22.3 Å². The molecule has 2 aliphatic rings. The quantitative estimate of drug-likeness (QED) is 0.136. The first-order chi connectivity index (χ1) is 17.6. The average molecular weight is 558 g/mol. The van der Waals surface area contributed by atoms with Gasteiger partial charge in [-0.25, -0.2) is 14.6 Å². The van der Waals surface area contributed by atoms with Crippen molar-refractivity contribution in [1.29, 1.82) is 0 Å². The third-order valence-electron chi connectivity index (χ3n) is 4.88. The maximum atomic E-state index is 13.1. The molecule has 0 spiro atoms. The molecule has 0 aliphatic carbocycles. The minimum atomic E-state index is -1.28. The first-order valence-corrected chi connectivity index (χ1v) is 12.9. The fourth-order valence-electron chi connectivity index (χ4n) is 3.45. The molecule has 3 N–H and O–H groups in total. The molecule has 0 aromatic carbocycles. The number of thiazole rings is 1. The van der Waals surface area contributed by atoms with Crippen LogP contribution < -0.4 is 11.1 Å². The summed E-state index contributed by atoms with van der Waals surface area (Å²) in [5.41, 5.74) is 6.15. The number of nitrogen functional groups attached to an aromatic ring is 1. The standard InChI is InChI=1S/C21H27N5O9S2/c1-9(2)33-21(30)35-10(3)34-19(29)15-11(6-31-4)7-36-18-14(17(28)26(15)18)24-16(27)13(25-32-5)12-8-37-20(22)23-12/h8-10,14,18H,6-7H2,1-5H3,(H2,22,23)(H,24,27)/b25-13-. The Morgan fingerprint density at radius 1 is 1.24 bits per heavy atom. The van der Waals surface area contributed by atoms with Crippen LogP contribution in [0.1, 0.15) is 26.5 Å². The number of anilines is 1. The van der Waals surface area contributed by atoms with Gasteiger partial charge in [0.25, 0.3) is 11.8 Å². The molecule has 1 saturated heterocycles. The summed E-state index contributed by atoms with van der Waals surface area (Å²) < 4.78 is 20.2. The normalized spacial score (nSPS) is 20.1. The van der Waals surface area contributed by atoms with E-state index in [9.17, 15) is 19.2 Å². The van der Waals surface area contributed by atoms with Crippen LogP contribution in [-0.2, 0) is 38.2 Å². The molecule has 0 radical (unpaired) electrons. The van der Waals surface area contributed by atoms with E-state index >= 15 is 0 Å². The van der Waals surface area contributed by atoms with Crippen molar-refractivity contribution in [3.63, 3.8) is 0 Å². The molecule has 1 aromatic rings. The lowest BCUT2D eigenvalue weighted by Gasteiger charge is -2.49. The van der Waals surface area contributed by atoms with E-state index in [0.717, 1.165) is 11.3 Å². The van der Waals surface area contributed by atoms with Crippen LogP contribution in [0.5, 0.6) is 0 Å². The number of carbonyl (C=O) groups excluding carboxylic acids is 4. The minimum Gasteiger partial charge on any atom is -0.431 e. The maximum absolute atomic E-state index is 13.1. The number of hydrogen-bond acceptors (Lipinski definition) is 14. The number of thioether (sulfide) groups is 1. The summed E-state index contributed by atoms with van der Waals surface area (Å²) in [6.07, 6.45) is -2.71. The molecule has 202 valence electrons. The lowest BCUT2D eigenvalue weighted by Crippen LogP contribution is -2.71. The Morgan fingerprint density at radius 2 is 1.97 bits per heavy atom. The van der Waals surface area contributed by atoms with Gasteiger partial charge in [0.05, 0.1) is 12.7 Å². The average Bonchev–Trinajstić information content (AvgIpc) is 3.25. The van der Waals surface area contributed by atoms with E-state index in [-0.39, 0.29) is 28.8 Å². The molecule has 16 heteroatoms. The number of carbonyl (C=O) groups is 4. The Bertz CT molecular complexity index is 1120. The molecule has 2 amide bonds. The smallest absolute Gasteiger partial charge is 0.431 e. The molecule has 14 nitrogen and oxygen atoms in total. The molecular weight excluding hydrogens is 530 g/mol. The number of methoxy groups -OCH3 is 1. The Kier molecular flexibility index (Phi) is 9.34. The highest BCUT2D eigenvalue weighted by Crippen LogP contribution is 2.41. The number of rotatable bonds is 10. The molecule has 1 fully saturated rings. The van der Waals surface area contributed by atoms with Gasteiger partial charge in [-0.2, -0.15) is 0 Å². The second-order valence-corrected chi connectivity index (χ2v) is 9.94. The van der Waals surface area contributed by atoms with Crippen molar-refractivity contribution < 1.29 is 43.0 Å². The summed E-state index contributed by atoms with van der Waals surface area (Å²) in [6, 6.07) is -0.961. The first kappa shape index (κ1) is 28.2. The van der Waals surface area contributed by atoms with E-state index in [1.165, 1.54) is 43.2 Å². The molecule has 1 aromatic heterocycles. The largest absolute Gasteiger partial charge is 0.511 e. The highest BCUT2D eigenvalue weighted by Gasteiger charge is 2.55. The summed E-state index contributed by atoms with van der Waals surface area (Å²) in [4.78, 5) is 60.8. The van der Waals surface area contributed by atoms with Crippen molar-refractivity contribution in [1.82, 2.24) is 15.2 Å². The number of aromatic nitrogens is 1. The molecule has 3 atom stereocenters. The Hall–Kier alpha value is -3.37. The number of nitrogens with one attached hydrogen (secondary N) is 1. The van der Waals surface area contributed by atoms with Gasteiger partial charge in [-0.1, -0.05) is 5.16 Å². The highest BCUT2D eigenvalue weighted by atomic mass is 32.2. The topological polar surface area (TPSA) is 181 Å². The van der Waals surface area contributed by atoms with Crippen molar-refractivity contribution in [2.75, 3.05) is 32.3 Å². The number of fused-ring (bicyclic) bond motifs is 1. The Balaban J connectivity index is 1.74. The lowest BCUT2D eigenvalue weighted by atomic mass is 10.0. The third kappa shape index (κ3) is 6.50. The zero-order chi connectivity index (χ0) is 27.3. The number of esters is 1. The van der Waals surface area contributed by atoms with E-state index in [1.807, 2.05) is 0 Å². The number of ether oxygens (including phenoxy) is 4. The summed E-state index contributed by atoms with van der Waals surface area (Å²) in [7, 11) is 2.71. The maximum Gasteiger partial charge on any atom is 0.511 e. The van der Waals surface area contributed by atoms with E-state index in [2.05, 4.69) is 15.5 Å². The lowest BCUT2D eigenvalue weighted by molar-refractivity contribution is -0.169. The molecule has 3 unspecified atom stereocenters. The van der Waals surface area contributed by atoms with Crippen LogP contribution in [0.2, 0.25) is 0 Å². The number of hydrogen-bond donors (Lipinski definition) is 2. The number of nitrogens with two attached hydrogens (primary N) is 1. The molecular formula is C21H27N5O9S2. The molecule has 0 saturated carbocycles. The predicted molar refractivity (Wildman–Crippen MR) is 132 cm³/mol. The zero-order valence-corrected chi connectivity index (χ0v) is 22.3. The van der Waals surface area contributed by atoms with Crippen LogP contribution in [0.4, 0.5) is 9.93 Å². The predicted octanol–water partition coefficient (Wildman–Crippen LogP) is 0.827. The minimum absolute atomic E-state index is 0.0353. The molecule has 3 rings (SSSR count). The van der Waals surface area contributed by atoms with Crippen molar-refractivity contribution in [2.45, 2.75) is 44.6 Å². The monoisotopic (exact) mass is 557 g/mol. The van der Waals surface area contributed by atoms with Gasteiger partial charge in [-0.3, -0.25) is 14.5 Å². The van der Waals surface area contributed by atoms with Gasteiger partial charge in [0.1, 0.15) is 29.9 Å². The number of amides is 2. The Labute approximate surface area is 220 Å². The second kappa shape index (κ2) is 12.2. The van der Waals surface area contributed by atoms with Gasteiger partial charge in [-0.05, 0) is 19.4 Å². The summed E-state index contributed by atoms with van der Waals surface area (Å²) in [5.74, 6) is -1.81.